The molecule has 166 valence electrons. The highest BCUT2D eigenvalue weighted by Crippen LogP contribution is 2.24. The van der Waals surface area contributed by atoms with E-state index in [1.165, 1.54) is 23.9 Å². The Labute approximate surface area is 198 Å². The summed E-state index contributed by atoms with van der Waals surface area (Å²) < 4.78 is 17.9. The summed E-state index contributed by atoms with van der Waals surface area (Å²) in [5.74, 6) is 0.265. The maximum Gasteiger partial charge on any atom is 0.240 e. The number of nitrogens with zero attached hydrogens (tertiary/aromatic N) is 5. The number of hydrogen-bond acceptors (Lipinski definition) is 8. The van der Waals surface area contributed by atoms with Gasteiger partial charge in [-0.25, -0.2) is 4.39 Å². The summed E-state index contributed by atoms with van der Waals surface area (Å²) in [4.78, 5) is 13.5. The lowest BCUT2D eigenvalue weighted by molar-refractivity contribution is -0.116. The second-order valence-electron chi connectivity index (χ2n) is 6.25. The van der Waals surface area contributed by atoms with Gasteiger partial charge in [0.05, 0.1) is 5.75 Å². The van der Waals surface area contributed by atoms with E-state index in [1.807, 2.05) is 42.0 Å². The second kappa shape index (κ2) is 11.8. The van der Waals surface area contributed by atoms with Crippen LogP contribution in [0.25, 0.3) is 11.4 Å². The van der Waals surface area contributed by atoms with Crippen LogP contribution in [0.4, 0.5) is 4.39 Å². The molecule has 0 spiro atoms. The molecule has 11 heteroatoms. The van der Waals surface area contributed by atoms with E-state index in [0.717, 1.165) is 28.0 Å². The minimum absolute atomic E-state index is 0.148. The molecule has 0 atom stereocenters. The van der Waals surface area contributed by atoms with E-state index < -0.39 is 0 Å². The highest BCUT2D eigenvalue weighted by atomic mass is 32.2. The van der Waals surface area contributed by atoms with Gasteiger partial charge < -0.3 is 4.57 Å². The monoisotopic (exact) mass is 488 g/mol. The van der Waals surface area contributed by atoms with Gasteiger partial charge in [-0.2, -0.15) is 5.10 Å². The van der Waals surface area contributed by atoms with E-state index >= 15 is 0 Å². The van der Waals surface area contributed by atoms with Crippen molar-refractivity contribution in [1.29, 1.82) is 0 Å². The molecule has 0 aliphatic carbocycles. The molecule has 0 aliphatic heterocycles. The Kier molecular flexibility index (Phi) is 8.89. The van der Waals surface area contributed by atoms with E-state index in [4.69, 9.17) is 0 Å². The average Bonchev–Trinajstić information content (AvgIpc) is 3.24. The van der Waals surface area contributed by atoms with Gasteiger partial charge in [-0.05, 0) is 49.6 Å². The quantitative estimate of drug-likeness (QED) is 0.162. The standard InChI is InChI=1S/C21H21FN6OS3/c1-4-28-19(14-5-9-16(22)10-6-14)24-26-21(28)31-13-18(29)27-32-20(25-23-2)15-7-11-17(30-3)12-8-15/h5-12H,2,4,13H2,1,3H3,(H,27,29)/b25-20-. The number of thioether (sulfide) groups is 2. The van der Waals surface area contributed by atoms with Crippen LogP contribution in [0.3, 0.4) is 0 Å². The Morgan fingerprint density at radius 3 is 2.50 bits per heavy atom. The molecule has 0 bridgehead atoms. The first kappa shape index (κ1) is 24.0. The van der Waals surface area contributed by atoms with Crippen LogP contribution < -0.4 is 4.72 Å². The molecule has 1 N–H and O–H groups in total. The summed E-state index contributed by atoms with van der Waals surface area (Å²) in [5, 5.41) is 17.2. The van der Waals surface area contributed by atoms with Gasteiger partial charge in [0.1, 0.15) is 10.9 Å². The second-order valence-corrected chi connectivity index (χ2v) is 8.87. The number of nitrogens with one attached hydrogen (secondary N) is 1. The Morgan fingerprint density at radius 1 is 1.16 bits per heavy atom. The molecule has 3 rings (SSSR count). The SMILES string of the molecule is C=N/N=C(\SNC(=O)CSc1nnc(-c2ccc(F)cc2)n1CC)c1ccc(SC)cc1. The number of benzene rings is 2. The van der Waals surface area contributed by atoms with Crippen molar-refractivity contribution in [2.75, 3.05) is 12.0 Å². The lowest BCUT2D eigenvalue weighted by atomic mass is 10.2. The van der Waals surface area contributed by atoms with Crippen molar-refractivity contribution in [2.24, 2.45) is 10.2 Å². The van der Waals surface area contributed by atoms with E-state index in [9.17, 15) is 9.18 Å². The molecule has 0 unspecified atom stereocenters. The smallest absolute Gasteiger partial charge is 0.240 e. The predicted octanol–water partition coefficient (Wildman–Crippen LogP) is 4.74. The minimum Gasteiger partial charge on any atom is -0.302 e. The maximum atomic E-state index is 13.2. The Hall–Kier alpha value is -2.63. The summed E-state index contributed by atoms with van der Waals surface area (Å²) >= 11 is 4.01. The van der Waals surface area contributed by atoms with Crippen LogP contribution >= 0.6 is 35.5 Å². The van der Waals surface area contributed by atoms with Crippen molar-refractivity contribution in [2.45, 2.75) is 23.5 Å². The predicted molar refractivity (Wildman–Crippen MR) is 132 cm³/mol. The average molecular weight is 489 g/mol. The third kappa shape index (κ3) is 6.21. The number of halogens is 1. The van der Waals surface area contributed by atoms with Crippen molar-refractivity contribution in [1.82, 2.24) is 19.5 Å². The van der Waals surface area contributed by atoms with Gasteiger partial charge in [0.25, 0.3) is 0 Å². The van der Waals surface area contributed by atoms with E-state index in [0.29, 0.717) is 22.6 Å². The van der Waals surface area contributed by atoms with Crippen LogP contribution in [-0.2, 0) is 11.3 Å². The molecule has 7 nitrogen and oxygen atoms in total. The molecule has 3 aromatic rings. The zero-order valence-corrected chi connectivity index (χ0v) is 19.9. The number of aromatic nitrogens is 3. The largest absolute Gasteiger partial charge is 0.302 e. The van der Waals surface area contributed by atoms with Crippen molar-refractivity contribution in [3.05, 3.63) is 59.9 Å². The van der Waals surface area contributed by atoms with Gasteiger partial charge in [0.2, 0.25) is 5.91 Å². The highest BCUT2D eigenvalue weighted by Gasteiger charge is 2.15. The summed E-state index contributed by atoms with van der Waals surface area (Å²) in [5.41, 5.74) is 1.60. The molecule has 0 radical (unpaired) electrons. The topological polar surface area (TPSA) is 84.5 Å². The highest BCUT2D eigenvalue weighted by molar-refractivity contribution is 8.13. The molecule has 32 heavy (non-hydrogen) atoms. The summed E-state index contributed by atoms with van der Waals surface area (Å²) in [6, 6.07) is 13.9. The van der Waals surface area contributed by atoms with Crippen molar-refractivity contribution >= 4 is 53.1 Å². The van der Waals surface area contributed by atoms with Crippen LogP contribution in [0.5, 0.6) is 0 Å². The fourth-order valence-electron chi connectivity index (χ4n) is 2.69. The maximum absolute atomic E-state index is 13.2. The van der Waals surface area contributed by atoms with E-state index in [1.54, 1.807) is 23.9 Å². The van der Waals surface area contributed by atoms with E-state index in [-0.39, 0.29) is 17.5 Å². The summed E-state index contributed by atoms with van der Waals surface area (Å²) in [6.45, 7) is 5.98. The summed E-state index contributed by atoms with van der Waals surface area (Å²) in [7, 11) is 0. The molecule has 0 aliphatic rings. The van der Waals surface area contributed by atoms with Crippen molar-refractivity contribution in [3.63, 3.8) is 0 Å². The number of carbonyl (C=O) groups is 1. The van der Waals surface area contributed by atoms with Gasteiger partial charge in [-0.3, -0.25) is 9.52 Å². The van der Waals surface area contributed by atoms with Gasteiger partial charge in [0, 0.05) is 41.2 Å². The molecular formula is C21H21FN6OS3. The number of rotatable bonds is 8. The lowest BCUT2D eigenvalue weighted by Gasteiger charge is -2.08. The van der Waals surface area contributed by atoms with Crippen LogP contribution in [0.15, 0.2) is 68.8 Å². The van der Waals surface area contributed by atoms with Crippen LogP contribution in [0.2, 0.25) is 0 Å². The molecule has 0 saturated heterocycles. The van der Waals surface area contributed by atoms with Gasteiger partial charge in [-0.1, -0.05) is 23.9 Å². The third-order valence-corrected chi connectivity index (χ3v) is 6.78. The normalized spacial score (nSPS) is 11.4. The zero-order valence-electron chi connectivity index (χ0n) is 17.5. The first-order chi connectivity index (χ1) is 15.5. The Balaban J connectivity index is 1.61. The molecular weight excluding hydrogens is 467 g/mol. The van der Waals surface area contributed by atoms with Gasteiger partial charge in [0.15, 0.2) is 11.0 Å². The first-order valence-corrected chi connectivity index (χ1v) is 12.5. The van der Waals surface area contributed by atoms with Crippen molar-refractivity contribution in [3.8, 4) is 11.4 Å². The molecule has 0 saturated carbocycles. The lowest BCUT2D eigenvalue weighted by Crippen LogP contribution is -2.20. The molecule has 1 heterocycles. The number of amides is 1. The first-order valence-electron chi connectivity index (χ1n) is 9.51. The Morgan fingerprint density at radius 2 is 1.88 bits per heavy atom. The van der Waals surface area contributed by atoms with Crippen LogP contribution in [0.1, 0.15) is 12.5 Å². The van der Waals surface area contributed by atoms with Gasteiger partial charge in [-0.15, -0.1) is 27.1 Å². The summed E-state index contributed by atoms with van der Waals surface area (Å²) in [6.07, 6.45) is 2.00. The molecule has 1 amide bonds. The van der Waals surface area contributed by atoms with Crippen LogP contribution in [-0.4, -0.2) is 44.4 Å². The minimum atomic E-state index is -0.310. The molecule has 2 aromatic carbocycles. The Bertz CT molecular complexity index is 1100. The molecule has 0 fully saturated rings. The number of carbonyl (C=O) groups excluding carboxylic acids is 1. The van der Waals surface area contributed by atoms with Crippen molar-refractivity contribution < 1.29 is 9.18 Å². The zero-order chi connectivity index (χ0) is 22.9. The van der Waals surface area contributed by atoms with Crippen LogP contribution in [0, 0.1) is 5.82 Å². The third-order valence-electron chi connectivity index (χ3n) is 4.23. The molecule has 1 aromatic heterocycles. The fourth-order valence-corrected chi connectivity index (χ4v) is 4.63. The fraction of sp³-hybridized carbons (Fsp3) is 0.190. The van der Waals surface area contributed by atoms with Gasteiger partial charge >= 0.3 is 0 Å². The number of hydrogen-bond donors (Lipinski definition) is 1. The van der Waals surface area contributed by atoms with E-state index in [2.05, 4.69) is 31.8 Å².